The van der Waals surface area contributed by atoms with Crippen LogP contribution in [0.4, 0.5) is 0 Å². The van der Waals surface area contributed by atoms with Gasteiger partial charge in [0.2, 0.25) is 5.75 Å². The molecule has 0 saturated carbocycles. The summed E-state index contributed by atoms with van der Waals surface area (Å²) in [4.78, 5) is 17.8. The third-order valence-electron chi connectivity index (χ3n) is 1.53. The summed E-state index contributed by atoms with van der Waals surface area (Å²) in [5, 5.41) is 0. The maximum Gasteiger partial charge on any atom is 0.332 e. The van der Waals surface area contributed by atoms with E-state index in [-0.39, 0.29) is 11.6 Å². The monoisotopic (exact) mass is 230 g/mol. The van der Waals surface area contributed by atoms with Crippen molar-refractivity contribution in [2.75, 3.05) is 7.11 Å². The van der Waals surface area contributed by atoms with E-state index in [2.05, 4.69) is 9.97 Å². The second-order valence-electron chi connectivity index (χ2n) is 3.26. The van der Waals surface area contributed by atoms with Crippen molar-refractivity contribution in [1.82, 2.24) is 9.97 Å². The second-order valence-corrected chi connectivity index (χ2v) is 4.20. The van der Waals surface area contributed by atoms with Crippen molar-refractivity contribution in [3.63, 3.8) is 0 Å². The van der Waals surface area contributed by atoms with Gasteiger partial charge < -0.3 is 9.47 Å². The van der Waals surface area contributed by atoms with E-state index in [1.807, 2.05) is 0 Å². The molecule has 0 aliphatic rings. The molecule has 6 heteroatoms. The van der Waals surface area contributed by atoms with Gasteiger partial charge in [-0.1, -0.05) is 0 Å². The SMILES string of the molecule is COc1ncncc1OC(=O)C(C)(C)Cl. The van der Waals surface area contributed by atoms with Crippen LogP contribution in [-0.4, -0.2) is 27.9 Å². The molecule has 0 radical (unpaired) electrons. The van der Waals surface area contributed by atoms with Crippen LogP contribution in [0.25, 0.3) is 0 Å². The van der Waals surface area contributed by atoms with Gasteiger partial charge in [0, 0.05) is 0 Å². The van der Waals surface area contributed by atoms with Gasteiger partial charge in [-0.3, -0.25) is 0 Å². The minimum absolute atomic E-state index is 0.152. The van der Waals surface area contributed by atoms with Crippen molar-refractivity contribution in [1.29, 1.82) is 0 Å². The lowest BCUT2D eigenvalue weighted by molar-refractivity contribution is -0.136. The Balaban J connectivity index is 2.85. The van der Waals surface area contributed by atoms with Crippen LogP contribution >= 0.6 is 11.6 Å². The highest BCUT2D eigenvalue weighted by atomic mass is 35.5. The van der Waals surface area contributed by atoms with Crippen LogP contribution in [0.1, 0.15) is 13.8 Å². The lowest BCUT2D eigenvalue weighted by Crippen LogP contribution is -2.29. The molecule has 0 aromatic carbocycles. The molecule has 0 N–H and O–H groups in total. The Morgan fingerprint density at radius 1 is 1.53 bits per heavy atom. The van der Waals surface area contributed by atoms with Crippen LogP contribution in [0.15, 0.2) is 12.5 Å². The van der Waals surface area contributed by atoms with Gasteiger partial charge in [0.05, 0.1) is 13.3 Å². The first-order valence-corrected chi connectivity index (χ1v) is 4.58. The third-order valence-corrected chi connectivity index (χ3v) is 1.68. The number of hydrogen-bond donors (Lipinski definition) is 0. The number of aromatic nitrogens is 2. The van der Waals surface area contributed by atoms with Gasteiger partial charge >= 0.3 is 5.97 Å². The number of rotatable bonds is 3. The minimum Gasteiger partial charge on any atom is -0.478 e. The summed E-state index contributed by atoms with van der Waals surface area (Å²) in [7, 11) is 1.42. The number of carbonyl (C=O) groups excluding carboxylic acids is 1. The van der Waals surface area contributed by atoms with Gasteiger partial charge in [-0.05, 0) is 13.8 Å². The number of alkyl halides is 1. The van der Waals surface area contributed by atoms with Crippen LogP contribution < -0.4 is 9.47 Å². The Morgan fingerprint density at radius 2 is 2.20 bits per heavy atom. The maximum absolute atomic E-state index is 11.4. The van der Waals surface area contributed by atoms with Gasteiger partial charge in [-0.25, -0.2) is 9.78 Å². The summed E-state index contributed by atoms with van der Waals surface area (Å²) in [6, 6.07) is 0. The molecule has 0 atom stereocenters. The lowest BCUT2D eigenvalue weighted by atomic mass is 10.2. The molecule has 0 amide bonds. The summed E-state index contributed by atoms with van der Waals surface area (Å²) in [5.41, 5.74) is 0. The molecule has 0 aliphatic carbocycles. The van der Waals surface area contributed by atoms with E-state index in [0.717, 1.165) is 0 Å². The van der Waals surface area contributed by atoms with E-state index in [9.17, 15) is 4.79 Å². The average Bonchev–Trinajstić information content (AvgIpc) is 2.17. The number of halogens is 1. The number of nitrogens with zero attached hydrogens (tertiary/aromatic N) is 2. The van der Waals surface area contributed by atoms with E-state index in [1.165, 1.54) is 33.5 Å². The fourth-order valence-corrected chi connectivity index (χ4v) is 0.789. The fraction of sp³-hybridized carbons (Fsp3) is 0.444. The van der Waals surface area contributed by atoms with Crippen LogP contribution in [0.2, 0.25) is 0 Å². The Bertz CT molecular complexity index is 363. The smallest absolute Gasteiger partial charge is 0.332 e. The lowest BCUT2D eigenvalue weighted by Gasteiger charge is -2.14. The molecule has 0 spiro atoms. The fourth-order valence-electron chi connectivity index (χ4n) is 0.750. The number of ether oxygens (including phenoxy) is 2. The highest BCUT2D eigenvalue weighted by molar-refractivity contribution is 6.33. The summed E-state index contributed by atoms with van der Waals surface area (Å²) in [5.74, 6) is -0.241. The van der Waals surface area contributed by atoms with Crippen LogP contribution in [0.5, 0.6) is 11.6 Å². The molecular weight excluding hydrogens is 220 g/mol. The Hall–Kier alpha value is -1.36. The molecule has 0 unspecified atom stereocenters. The van der Waals surface area contributed by atoms with Crippen molar-refractivity contribution in [2.24, 2.45) is 0 Å². The number of carbonyl (C=O) groups is 1. The van der Waals surface area contributed by atoms with Gasteiger partial charge in [-0.2, -0.15) is 4.98 Å². The molecule has 1 heterocycles. The average molecular weight is 231 g/mol. The Morgan fingerprint density at radius 3 is 2.73 bits per heavy atom. The molecule has 0 fully saturated rings. The highest BCUT2D eigenvalue weighted by Crippen LogP contribution is 2.24. The van der Waals surface area contributed by atoms with E-state index in [1.54, 1.807) is 0 Å². The van der Waals surface area contributed by atoms with E-state index in [4.69, 9.17) is 21.1 Å². The van der Waals surface area contributed by atoms with E-state index >= 15 is 0 Å². The first-order chi connectivity index (χ1) is 6.95. The molecule has 1 rings (SSSR count). The zero-order valence-corrected chi connectivity index (χ0v) is 9.41. The Kier molecular flexibility index (Phi) is 3.47. The maximum atomic E-state index is 11.4. The van der Waals surface area contributed by atoms with Crippen LogP contribution in [-0.2, 0) is 4.79 Å². The molecule has 82 valence electrons. The van der Waals surface area contributed by atoms with Gasteiger partial charge in [0.25, 0.3) is 5.88 Å². The third kappa shape index (κ3) is 3.06. The molecule has 0 bridgehead atoms. The van der Waals surface area contributed by atoms with Gasteiger partial charge in [0.1, 0.15) is 11.2 Å². The number of hydrogen-bond acceptors (Lipinski definition) is 5. The number of methoxy groups -OCH3 is 1. The first kappa shape index (κ1) is 11.7. The van der Waals surface area contributed by atoms with Crippen molar-refractivity contribution in [3.8, 4) is 11.6 Å². The standard InChI is InChI=1S/C9H11ClN2O3/c1-9(2,10)8(13)15-6-4-11-5-12-7(6)14-3/h4-5H,1-3H3. The molecule has 5 nitrogen and oxygen atoms in total. The largest absolute Gasteiger partial charge is 0.478 e. The quantitative estimate of drug-likeness (QED) is 0.580. The summed E-state index contributed by atoms with van der Waals surface area (Å²) < 4.78 is 9.87. The second kappa shape index (κ2) is 4.44. The van der Waals surface area contributed by atoms with Gasteiger partial charge in [-0.15, -0.1) is 11.6 Å². The number of esters is 1. The summed E-state index contributed by atoms with van der Waals surface area (Å²) in [6.45, 7) is 3.07. The highest BCUT2D eigenvalue weighted by Gasteiger charge is 2.27. The first-order valence-electron chi connectivity index (χ1n) is 4.20. The molecule has 1 aromatic heterocycles. The molecule has 0 aliphatic heterocycles. The van der Waals surface area contributed by atoms with Crippen LogP contribution in [0, 0.1) is 0 Å². The predicted octanol–water partition coefficient (Wildman–Crippen LogP) is 1.41. The minimum atomic E-state index is -1.10. The van der Waals surface area contributed by atoms with Crippen LogP contribution in [0.3, 0.4) is 0 Å². The van der Waals surface area contributed by atoms with E-state index in [0.29, 0.717) is 0 Å². The predicted molar refractivity (Wildman–Crippen MR) is 54.2 cm³/mol. The van der Waals surface area contributed by atoms with Gasteiger partial charge in [0.15, 0.2) is 0 Å². The van der Waals surface area contributed by atoms with Crippen molar-refractivity contribution in [2.45, 2.75) is 18.7 Å². The molecule has 0 saturated heterocycles. The summed E-state index contributed by atoms with van der Waals surface area (Å²) >= 11 is 5.77. The van der Waals surface area contributed by atoms with Crippen molar-refractivity contribution >= 4 is 17.6 Å². The van der Waals surface area contributed by atoms with E-state index < -0.39 is 10.8 Å². The molecule has 15 heavy (non-hydrogen) atoms. The Labute approximate surface area is 92.4 Å². The normalized spacial score (nSPS) is 10.9. The zero-order valence-electron chi connectivity index (χ0n) is 8.65. The molecule has 1 aromatic rings. The summed E-state index contributed by atoms with van der Waals surface area (Å²) in [6.07, 6.45) is 2.63. The van der Waals surface area contributed by atoms with Crippen molar-refractivity contribution in [3.05, 3.63) is 12.5 Å². The zero-order chi connectivity index (χ0) is 11.5. The molecular formula is C9H11ClN2O3. The van der Waals surface area contributed by atoms with Crippen molar-refractivity contribution < 1.29 is 14.3 Å². The topological polar surface area (TPSA) is 61.3 Å².